The summed E-state index contributed by atoms with van der Waals surface area (Å²) in [6.07, 6.45) is 2.45. The number of nitro groups is 1. The van der Waals surface area contributed by atoms with Gasteiger partial charge in [0.15, 0.2) is 10.8 Å². The highest BCUT2D eigenvalue weighted by atomic mass is 32.1. The number of benzene rings is 2. The van der Waals surface area contributed by atoms with Gasteiger partial charge in [-0.2, -0.15) is 0 Å². The van der Waals surface area contributed by atoms with Crippen LogP contribution in [0.5, 0.6) is 5.75 Å². The van der Waals surface area contributed by atoms with Gasteiger partial charge in [0, 0.05) is 22.8 Å². The summed E-state index contributed by atoms with van der Waals surface area (Å²) in [5.74, 6) is 0.719. The number of aromatic nitrogens is 1. The van der Waals surface area contributed by atoms with Crippen molar-refractivity contribution in [1.29, 1.82) is 0 Å². The van der Waals surface area contributed by atoms with E-state index in [0.717, 1.165) is 29.0 Å². The Kier molecular flexibility index (Phi) is 7.79. The van der Waals surface area contributed by atoms with Crippen molar-refractivity contribution in [3.05, 3.63) is 73.7 Å². The second kappa shape index (κ2) is 11.2. The number of methoxy groups -OCH3 is 1. The molecule has 36 heavy (non-hydrogen) atoms. The van der Waals surface area contributed by atoms with E-state index in [9.17, 15) is 14.9 Å². The number of aliphatic imine (C=N–C) groups is 1. The molecule has 10 nitrogen and oxygen atoms in total. The van der Waals surface area contributed by atoms with Gasteiger partial charge in [-0.25, -0.2) is 9.98 Å². The normalized spacial score (nSPS) is 13.3. The van der Waals surface area contributed by atoms with Crippen molar-refractivity contribution in [3.8, 4) is 5.75 Å². The fraction of sp³-hybridized carbons (Fsp3) is 0.320. The highest BCUT2D eigenvalue weighted by Crippen LogP contribution is 2.28. The van der Waals surface area contributed by atoms with Crippen LogP contribution in [-0.2, 0) is 19.4 Å². The quantitative estimate of drug-likeness (QED) is 0.152. The van der Waals surface area contributed by atoms with Crippen molar-refractivity contribution in [2.75, 3.05) is 31.2 Å². The van der Waals surface area contributed by atoms with Crippen LogP contribution in [-0.4, -0.2) is 46.7 Å². The number of nitrogen functional groups attached to an aromatic ring is 1. The summed E-state index contributed by atoms with van der Waals surface area (Å²) in [5.41, 5.74) is 9.67. The highest BCUT2D eigenvalue weighted by Gasteiger charge is 2.27. The molecule has 1 aliphatic heterocycles. The third-order valence-electron chi connectivity index (χ3n) is 5.80. The average molecular weight is 509 g/mol. The van der Waals surface area contributed by atoms with Crippen molar-refractivity contribution >= 4 is 40.1 Å². The zero-order chi connectivity index (χ0) is 25.7. The smallest absolute Gasteiger partial charge is 0.284 e. The van der Waals surface area contributed by atoms with Gasteiger partial charge in [0.1, 0.15) is 5.75 Å². The maximum absolute atomic E-state index is 13.0. The summed E-state index contributed by atoms with van der Waals surface area (Å²) in [7, 11) is 1.57. The van der Waals surface area contributed by atoms with Crippen LogP contribution in [0.2, 0.25) is 0 Å². The predicted molar refractivity (Wildman–Crippen MR) is 141 cm³/mol. The molecule has 11 heteroatoms. The highest BCUT2D eigenvalue weighted by molar-refractivity contribution is 7.13. The van der Waals surface area contributed by atoms with Gasteiger partial charge in [0.05, 0.1) is 36.4 Å². The molecule has 1 amide bonds. The van der Waals surface area contributed by atoms with Gasteiger partial charge >= 0.3 is 0 Å². The van der Waals surface area contributed by atoms with Gasteiger partial charge in [-0.3, -0.25) is 14.9 Å². The molecule has 4 rings (SSSR count). The summed E-state index contributed by atoms with van der Waals surface area (Å²) in [6, 6.07) is 12.7. The van der Waals surface area contributed by atoms with Gasteiger partial charge in [0.2, 0.25) is 0 Å². The third-order valence-corrected chi connectivity index (χ3v) is 6.88. The first kappa shape index (κ1) is 25.1. The largest absolute Gasteiger partial charge is 0.497 e. The number of rotatable bonds is 8. The molecule has 1 aliphatic rings. The van der Waals surface area contributed by atoms with Crippen LogP contribution < -0.4 is 15.8 Å². The summed E-state index contributed by atoms with van der Waals surface area (Å²) in [5, 5.41) is 14.6. The van der Waals surface area contributed by atoms with Crippen LogP contribution in [0, 0.1) is 10.1 Å². The minimum Gasteiger partial charge on any atom is -0.497 e. The van der Waals surface area contributed by atoms with Gasteiger partial charge < -0.3 is 20.7 Å². The number of fused-ring (bicyclic) bond motifs is 1. The molecule has 188 valence electrons. The SMILES string of the molecule is CCCc1ccc(N)c(NC(=O)c2nc3c(s2)CN(C(C[N+](=O)[O-])=Nc2ccc(OC)cc2)CC3)c1. The fourth-order valence-electron chi connectivity index (χ4n) is 3.97. The molecule has 2 heterocycles. The van der Waals surface area contributed by atoms with Gasteiger partial charge in [-0.05, 0) is 48.4 Å². The Balaban J connectivity index is 1.51. The number of amidine groups is 1. The lowest BCUT2D eigenvalue weighted by molar-refractivity contribution is -0.464. The van der Waals surface area contributed by atoms with Gasteiger partial charge in [-0.1, -0.05) is 19.4 Å². The first-order chi connectivity index (χ1) is 17.4. The van der Waals surface area contributed by atoms with E-state index in [-0.39, 0.29) is 10.8 Å². The minimum atomic E-state index is -0.402. The van der Waals surface area contributed by atoms with Crippen LogP contribution in [0.25, 0.3) is 0 Å². The Morgan fingerprint density at radius 3 is 2.78 bits per heavy atom. The lowest BCUT2D eigenvalue weighted by atomic mass is 10.1. The summed E-state index contributed by atoms with van der Waals surface area (Å²) in [4.78, 5) is 35.8. The number of ether oxygens (including phenoxy) is 1. The number of carbonyl (C=O) groups is 1. The monoisotopic (exact) mass is 508 g/mol. The molecule has 0 atom stereocenters. The zero-order valence-corrected chi connectivity index (χ0v) is 21.0. The fourth-order valence-corrected chi connectivity index (χ4v) is 4.99. The van der Waals surface area contributed by atoms with E-state index in [1.807, 2.05) is 17.0 Å². The Morgan fingerprint density at radius 1 is 1.31 bits per heavy atom. The van der Waals surface area contributed by atoms with Crippen molar-refractivity contribution in [3.63, 3.8) is 0 Å². The molecule has 3 aromatic rings. The minimum absolute atomic E-state index is 0.321. The van der Waals surface area contributed by atoms with Crippen LogP contribution in [0.1, 0.15) is 39.3 Å². The number of nitrogens with zero attached hydrogens (tertiary/aromatic N) is 4. The predicted octanol–water partition coefficient (Wildman–Crippen LogP) is 4.30. The first-order valence-electron chi connectivity index (χ1n) is 11.6. The second-order valence-corrected chi connectivity index (χ2v) is 9.49. The molecule has 2 aromatic carbocycles. The molecule has 0 saturated heterocycles. The van der Waals surface area contributed by atoms with E-state index in [1.165, 1.54) is 11.3 Å². The Labute approximate surface area is 213 Å². The number of aryl methyl sites for hydroxylation is 1. The number of hydrogen-bond donors (Lipinski definition) is 2. The summed E-state index contributed by atoms with van der Waals surface area (Å²) in [6.45, 7) is 2.61. The summed E-state index contributed by atoms with van der Waals surface area (Å²) < 4.78 is 5.16. The van der Waals surface area contributed by atoms with E-state index in [2.05, 4.69) is 22.2 Å². The van der Waals surface area contributed by atoms with Gasteiger partial charge in [0.25, 0.3) is 12.5 Å². The standard InChI is InChI=1S/C25H28N6O4S/c1-3-4-16-5-10-19(26)21(13-16)28-24(32)25-29-20-11-12-30(14-22(20)36-25)23(15-31(33)34)27-17-6-8-18(35-2)9-7-17/h5-10,13H,3-4,11-12,14-15,26H2,1-2H3,(H,28,32). The number of nitrogens with two attached hydrogens (primary N) is 1. The summed E-state index contributed by atoms with van der Waals surface area (Å²) >= 11 is 1.29. The number of carbonyl (C=O) groups excluding carboxylic acids is 1. The first-order valence-corrected chi connectivity index (χ1v) is 12.4. The van der Waals surface area contributed by atoms with E-state index in [4.69, 9.17) is 10.5 Å². The van der Waals surface area contributed by atoms with Crippen LogP contribution in [0.15, 0.2) is 47.5 Å². The molecule has 0 aliphatic carbocycles. The molecular formula is C25H28N6O4S. The molecule has 0 unspecified atom stereocenters. The second-order valence-electron chi connectivity index (χ2n) is 8.40. The van der Waals surface area contributed by atoms with Gasteiger partial charge in [-0.15, -0.1) is 11.3 Å². The average Bonchev–Trinajstić information content (AvgIpc) is 3.30. The van der Waals surface area contributed by atoms with Crippen molar-refractivity contribution < 1.29 is 14.5 Å². The molecule has 0 fully saturated rings. The van der Waals surface area contributed by atoms with Crippen molar-refractivity contribution in [2.45, 2.75) is 32.7 Å². The maximum Gasteiger partial charge on any atom is 0.284 e. The molecule has 0 saturated carbocycles. The number of hydrogen-bond acceptors (Lipinski definition) is 8. The number of thiazole rings is 1. The molecule has 3 N–H and O–H groups in total. The molecule has 1 aromatic heterocycles. The zero-order valence-electron chi connectivity index (χ0n) is 20.2. The molecular weight excluding hydrogens is 480 g/mol. The topological polar surface area (TPSA) is 136 Å². The lowest BCUT2D eigenvalue weighted by Gasteiger charge is -2.27. The van der Waals surface area contributed by atoms with Crippen molar-refractivity contribution in [2.24, 2.45) is 4.99 Å². The molecule has 0 spiro atoms. The Hall–Kier alpha value is -3.99. The number of amides is 1. The van der Waals surface area contributed by atoms with Crippen LogP contribution >= 0.6 is 11.3 Å². The van der Waals surface area contributed by atoms with E-state index >= 15 is 0 Å². The van der Waals surface area contributed by atoms with Crippen LogP contribution in [0.4, 0.5) is 17.1 Å². The number of anilines is 2. The van der Waals surface area contributed by atoms with E-state index < -0.39 is 6.54 Å². The Bertz CT molecular complexity index is 1290. The Morgan fingerprint density at radius 2 is 2.08 bits per heavy atom. The third kappa shape index (κ3) is 5.98. The van der Waals surface area contributed by atoms with E-state index in [0.29, 0.717) is 53.2 Å². The van der Waals surface area contributed by atoms with Crippen LogP contribution in [0.3, 0.4) is 0 Å². The maximum atomic E-state index is 13.0. The molecule has 0 bridgehead atoms. The van der Waals surface area contributed by atoms with E-state index in [1.54, 1.807) is 37.4 Å². The number of nitrogens with one attached hydrogen (secondary N) is 1. The lowest BCUT2D eigenvalue weighted by Crippen LogP contribution is -2.39. The molecule has 0 radical (unpaired) electrons. The van der Waals surface area contributed by atoms with Crippen molar-refractivity contribution in [1.82, 2.24) is 9.88 Å².